The van der Waals surface area contributed by atoms with Gasteiger partial charge in [-0.05, 0) is 137 Å². The predicted octanol–water partition coefficient (Wildman–Crippen LogP) is 14.7. The third-order valence-corrected chi connectivity index (χ3v) is 21.6. The van der Waals surface area contributed by atoms with E-state index in [4.69, 9.17) is 88.2 Å². The number of rotatable bonds is 10. The Morgan fingerprint density at radius 1 is 0.500 bits per heavy atom. The molecule has 2 aliphatic heterocycles. The van der Waals surface area contributed by atoms with Crippen molar-refractivity contribution in [3.63, 3.8) is 0 Å². The van der Waals surface area contributed by atoms with E-state index in [0.717, 1.165) is 5.39 Å². The molecule has 5 aliphatic rings. The number of hydrogen-bond acceptors (Lipinski definition) is 21. The zero-order valence-electron chi connectivity index (χ0n) is 57.0. The van der Waals surface area contributed by atoms with Crippen molar-refractivity contribution in [2.24, 2.45) is 0 Å². The first-order valence-electron chi connectivity index (χ1n) is 33.4. The number of pyridine rings is 3. The first kappa shape index (κ1) is 78.6. The van der Waals surface area contributed by atoms with Crippen molar-refractivity contribution in [1.82, 2.24) is 58.6 Å². The number of aromatic nitrogens is 12. The van der Waals surface area contributed by atoms with Gasteiger partial charge in [0.05, 0.1) is 65.9 Å². The molecule has 24 nitrogen and oxygen atoms in total. The highest BCUT2D eigenvalue weighted by molar-refractivity contribution is 9.10. The summed E-state index contributed by atoms with van der Waals surface area (Å²) in [7, 11) is 0. The molecule has 12 atom stereocenters. The van der Waals surface area contributed by atoms with Crippen LogP contribution in [0.25, 0.3) is 65.8 Å². The number of nitrogen functional groups attached to an aromatic ring is 6. The van der Waals surface area contributed by atoms with Gasteiger partial charge in [-0.15, -0.1) is 0 Å². The van der Waals surface area contributed by atoms with E-state index >= 15 is 13.2 Å². The highest BCUT2D eigenvalue weighted by atomic mass is 79.9. The standard InChI is InChI=1S/C25H25ClF2N6O2.C22H21ClF2N6O2.C16H19FN4O2.C9H5BrClFN2.2CH4/c1-24(2)35-19-18(34-6-4-13-21(29)31-11-32-23(13)34)10-25(28,20(19)36-24)5-3-12-7-16(27)14-9-15(26)22(30)33-17(14)8-12;23-13-7-12-14(24)5-10(6-15(12)30-20(13)27)1-3-22(25)8-16(17(32)18(22)33)31-4-2-11-19(26)28-9-29-21(11)31;1-4-16(17)7-10(11-12(16)23-15(2,3)22-11)21-6-5-9-13(18)19-8-20-14(9)21;10-4-1-7(12)5-3-6(11)9(13)14-8(5)2-4;;/h4,6-9,11,18-20H,3,5,10H2,1-2H3,(H2,30,33)(H2,29,31,32);2,4-7,9,16-18,32-33H,1,3,8H2,(H2,27,30)(H2,26,28,29);4-6,8,10-12H,1,7H2,2-3H3,(H2,18,19,20);1-3H,(H2,13,14);2*1H4/t18-,19+,20+,25-;16-,17+,18+,22-;10-,11+,12+,16-;;;/m111.../s1. The van der Waals surface area contributed by atoms with E-state index < -0.39 is 82.9 Å². The van der Waals surface area contributed by atoms with Gasteiger partial charge in [0.2, 0.25) is 0 Å². The zero-order chi connectivity index (χ0) is 75.6. The lowest BCUT2D eigenvalue weighted by Crippen LogP contribution is -2.39. The molecule has 0 radical (unpaired) electrons. The number of benzene rings is 3. The number of fused-ring (bicyclic) bond motifs is 8. The Kier molecular flexibility index (Phi) is 21.4. The Bertz CT molecular complexity index is 5480. The first-order valence-corrected chi connectivity index (χ1v) is 35.4. The van der Waals surface area contributed by atoms with Crippen molar-refractivity contribution in [2.75, 3.05) is 34.4 Å². The number of anilines is 6. The largest absolute Gasteiger partial charge is 0.388 e. The lowest BCUT2D eigenvalue weighted by Gasteiger charge is -2.28. The number of aliphatic hydroxyl groups is 2. The third kappa shape index (κ3) is 14.5. The molecule has 0 amide bonds. The number of nitrogens with two attached hydrogens (primary N) is 6. The van der Waals surface area contributed by atoms with Gasteiger partial charge in [-0.25, -0.2) is 71.2 Å². The Labute approximate surface area is 638 Å². The van der Waals surface area contributed by atoms with E-state index in [1.807, 2.05) is 33.7 Å². The SMILES string of the molecule is C.C.C=C[C@@]1(F)C[C@@H](n2ccc3c(N)ncnc32)[C@@H]2OC(C)(C)O[C@@H]21.CC1(C)O[C@H]2[C@H](n3ccc4c(N)ncnc43)C[C@](F)(CCc3cc(F)c4cc(Cl)c(N)nc4c3)[C@H]2O1.Nc1nc2cc(Br)cc(F)c2cc1Cl.Nc1nc2cc(CC[C@@]3(F)C[C@@H](n4ccc5c(N)ncnc54)[C@H](O)[C@@H]3O)cc(F)c2cc1Cl. The zero-order valence-corrected chi connectivity index (χ0v) is 60.8. The smallest absolute Gasteiger partial charge is 0.164 e. The predicted molar refractivity (Wildman–Crippen MR) is 409 cm³/mol. The van der Waals surface area contributed by atoms with Gasteiger partial charge >= 0.3 is 0 Å². The summed E-state index contributed by atoms with van der Waals surface area (Å²) in [4.78, 5) is 37.1. The molecule has 34 heteroatoms. The summed E-state index contributed by atoms with van der Waals surface area (Å²) < 4.78 is 121. The van der Waals surface area contributed by atoms with Crippen LogP contribution >= 0.6 is 50.7 Å². The average molecular weight is 1620 g/mol. The summed E-state index contributed by atoms with van der Waals surface area (Å²) in [5.74, 6) is -1.75. The lowest BCUT2D eigenvalue weighted by atomic mass is 9.92. The minimum Gasteiger partial charge on any atom is -0.388 e. The van der Waals surface area contributed by atoms with Crippen LogP contribution in [0.15, 0.2) is 127 Å². The summed E-state index contributed by atoms with van der Waals surface area (Å²) >= 11 is 20.8. The van der Waals surface area contributed by atoms with Crippen LogP contribution in [0.3, 0.4) is 0 Å². The molecule has 17 rings (SSSR count). The Hall–Kier alpha value is -9.02. The van der Waals surface area contributed by atoms with Gasteiger partial charge in [0.1, 0.15) is 136 Å². The number of alkyl halides is 3. The maximum atomic E-state index is 16.7. The molecular weight excluding hydrogens is 1540 g/mol. The van der Waals surface area contributed by atoms with E-state index in [1.54, 1.807) is 62.7 Å². The maximum absolute atomic E-state index is 16.7. The van der Waals surface area contributed by atoms with Crippen molar-refractivity contribution in [3.05, 3.63) is 171 Å². The van der Waals surface area contributed by atoms with Crippen LogP contribution in [0.1, 0.15) is 104 Å². The van der Waals surface area contributed by atoms with Crippen molar-refractivity contribution in [3.8, 4) is 0 Å². The summed E-state index contributed by atoms with van der Waals surface area (Å²) in [5, 5.41) is 24.7. The van der Waals surface area contributed by atoms with Crippen molar-refractivity contribution < 1.29 is 55.5 Å². The van der Waals surface area contributed by atoms with E-state index in [-0.39, 0.29) is 127 Å². The molecule has 3 aromatic carbocycles. The number of aliphatic hydroxyl groups excluding tert-OH is 2. The summed E-state index contributed by atoms with van der Waals surface area (Å²) in [6.45, 7) is 10.8. The molecule has 14 N–H and O–H groups in total. The minimum absolute atomic E-state index is 0. The topological polar surface area (TPSA) is 364 Å². The van der Waals surface area contributed by atoms with E-state index in [2.05, 4.69) is 67.4 Å². The minimum atomic E-state index is -2.10. The highest BCUT2D eigenvalue weighted by Gasteiger charge is 2.64. The lowest BCUT2D eigenvalue weighted by molar-refractivity contribution is -0.172. The van der Waals surface area contributed by atoms with Crippen LogP contribution in [0, 0.1) is 17.5 Å². The summed E-state index contributed by atoms with van der Waals surface area (Å²) in [6, 6.07) is 17.3. The Morgan fingerprint density at radius 3 is 1.31 bits per heavy atom. The van der Waals surface area contributed by atoms with Gasteiger partial charge in [0, 0.05) is 58.5 Å². The fraction of sp³-hybridized carbons (Fsp3) is 0.365. The van der Waals surface area contributed by atoms with Crippen LogP contribution < -0.4 is 34.4 Å². The Morgan fingerprint density at radius 2 is 0.870 bits per heavy atom. The molecular formula is C74H78BrCl3F6N18O6. The highest BCUT2D eigenvalue weighted by Crippen LogP contribution is 2.55. The quantitative estimate of drug-likeness (QED) is 0.0466. The van der Waals surface area contributed by atoms with Crippen molar-refractivity contribution in [1.29, 1.82) is 0 Å². The number of ether oxygens (including phenoxy) is 4. The molecule has 3 aliphatic carbocycles. The number of halogens is 10. The normalized spacial score (nSPS) is 25.8. The molecule has 5 fully saturated rings. The number of hydrogen-bond donors (Lipinski definition) is 8. The van der Waals surface area contributed by atoms with Crippen LogP contribution in [0.4, 0.5) is 61.2 Å². The Balaban J connectivity index is 0.000000140. The molecule has 9 aromatic heterocycles. The van der Waals surface area contributed by atoms with E-state index in [0.29, 0.717) is 76.9 Å². The van der Waals surface area contributed by atoms with E-state index in [1.165, 1.54) is 61.5 Å². The van der Waals surface area contributed by atoms with Crippen molar-refractivity contribution >= 4 is 151 Å². The second kappa shape index (κ2) is 29.4. The monoisotopic (exact) mass is 1610 g/mol. The molecule has 108 heavy (non-hydrogen) atoms. The van der Waals surface area contributed by atoms with E-state index in [9.17, 15) is 23.4 Å². The van der Waals surface area contributed by atoms with Gasteiger partial charge in [0.15, 0.2) is 17.2 Å². The van der Waals surface area contributed by atoms with Crippen LogP contribution in [0.5, 0.6) is 0 Å². The van der Waals surface area contributed by atoms with Gasteiger partial charge < -0.3 is 77.3 Å². The number of nitrogens with zero attached hydrogens (tertiary/aromatic N) is 12. The molecule has 2 saturated heterocycles. The van der Waals surface area contributed by atoms with Gasteiger partial charge in [0.25, 0.3) is 0 Å². The van der Waals surface area contributed by atoms with Gasteiger partial charge in [-0.1, -0.05) is 78.2 Å². The third-order valence-electron chi connectivity index (χ3n) is 20.2. The summed E-state index contributed by atoms with van der Waals surface area (Å²) in [5.41, 5.74) is 33.3. The second-order valence-electron chi connectivity index (χ2n) is 28.0. The van der Waals surface area contributed by atoms with Crippen molar-refractivity contribution in [2.45, 2.75) is 171 Å². The molecule has 570 valence electrons. The molecule has 12 aromatic rings. The van der Waals surface area contributed by atoms with Gasteiger partial charge in [-0.3, -0.25) is 0 Å². The maximum Gasteiger partial charge on any atom is 0.164 e. The molecule has 0 bridgehead atoms. The van der Waals surface area contributed by atoms with Crippen LogP contribution in [-0.2, 0) is 31.8 Å². The van der Waals surface area contributed by atoms with Crippen LogP contribution in [0.2, 0.25) is 15.1 Å². The molecule has 3 saturated carbocycles. The number of aryl methyl sites for hydroxylation is 2. The molecule has 0 unspecified atom stereocenters. The van der Waals surface area contributed by atoms with Crippen LogP contribution in [-0.4, -0.2) is 134 Å². The summed E-state index contributed by atoms with van der Waals surface area (Å²) in [6.07, 6.45) is 5.88. The fourth-order valence-corrected chi connectivity index (χ4v) is 16.0. The molecule has 0 spiro atoms. The average Bonchev–Trinajstić information content (AvgIpc) is 1.57. The van der Waals surface area contributed by atoms with Gasteiger partial charge in [-0.2, -0.15) is 0 Å². The second-order valence-corrected chi connectivity index (χ2v) is 30.1. The molecule has 11 heterocycles. The first-order chi connectivity index (χ1) is 50.1. The fourth-order valence-electron chi connectivity index (χ4n) is 15.1.